The Labute approximate surface area is 174 Å². The van der Waals surface area contributed by atoms with Crippen LogP contribution in [0.2, 0.25) is 0 Å². The first-order valence-corrected chi connectivity index (χ1v) is 10.2. The highest BCUT2D eigenvalue weighted by molar-refractivity contribution is 5.85. The Morgan fingerprint density at radius 2 is 2.04 bits per heavy atom. The van der Waals surface area contributed by atoms with Gasteiger partial charge in [-0.1, -0.05) is 39.5 Å². The molecule has 0 unspecified atom stereocenters. The second kappa shape index (κ2) is 9.81. The molecule has 1 aromatic carbocycles. The van der Waals surface area contributed by atoms with Gasteiger partial charge in [0.05, 0.1) is 0 Å². The number of hydrogen-bond donors (Lipinski definition) is 1. The molecular weight excluding hydrogens is 378 g/mol. The molecule has 2 heterocycles. The number of amides is 1. The Balaban J connectivity index is 0.00000280. The van der Waals surface area contributed by atoms with Crippen molar-refractivity contribution in [2.24, 2.45) is 0 Å². The summed E-state index contributed by atoms with van der Waals surface area (Å²) in [6, 6.07) is 5.89. The smallest absolute Gasteiger partial charge is 0.410 e. The number of likely N-dealkylation sites (N-methyl/N-ethyl adjacent to an activating group) is 1. The lowest BCUT2D eigenvalue weighted by molar-refractivity contribution is -0.226. The third-order valence-corrected chi connectivity index (χ3v) is 5.85. The van der Waals surface area contributed by atoms with E-state index in [9.17, 15) is 4.79 Å². The lowest BCUT2D eigenvalue weighted by Gasteiger charge is -2.42. The molecule has 2 aliphatic heterocycles. The van der Waals surface area contributed by atoms with Crippen LogP contribution in [0, 0.1) is 0 Å². The lowest BCUT2D eigenvalue weighted by Crippen LogP contribution is -2.52. The van der Waals surface area contributed by atoms with E-state index < -0.39 is 0 Å². The van der Waals surface area contributed by atoms with Crippen LogP contribution in [0.3, 0.4) is 0 Å². The SMILES string of the molecule is CCCCCCCNC(=O)Oc1ccc2c(c1)[C@]1(C)CCN(C)O[C@@H]1N2C.Cl. The maximum Gasteiger partial charge on any atom is 0.412 e. The number of ether oxygens (including phenoxy) is 1. The monoisotopic (exact) mass is 411 g/mol. The molecule has 1 N–H and O–H groups in total. The number of hydroxylamine groups is 2. The number of rotatable bonds is 7. The summed E-state index contributed by atoms with van der Waals surface area (Å²) < 4.78 is 5.53. The molecular formula is C21H34ClN3O3. The zero-order valence-corrected chi connectivity index (χ0v) is 18.3. The van der Waals surface area contributed by atoms with Gasteiger partial charge >= 0.3 is 6.09 Å². The van der Waals surface area contributed by atoms with Crippen LogP contribution < -0.4 is 15.0 Å². The van der Waals surface area contributed by atoms with Gasteiger partial charge in [-0.05, 0) is 36.6 Å². The minimum atomic E-state index is -0.377. The zero-order chi connectivity index (χ0) is 19.4. The van der Waals surface area contributed by atoms with Gasteiger partial charge in [0.1, 0.15) is 5.75 Å². The van der Waals surface area contributed by atoms with E-state index in [-0.39, 0.29) is 30.1 Å². The minimum Gasteiger partial charge on any atom is -0.410 e. The normalized spacial score (nSPS) is 23.6. The van der Waals surface area contributed by atoms with E-state index in [1.807, 2.05) is 30.3 Å². The first kappa shape index (κ1) is 22.8. The fourth-order valence-corrected chi connectivity index (χ4v) is 4.15. The summed E-state index contributed by atoms with van der Waals surface area (Å²) in [5.74, 6) is 0.589. The van der Waals surface area contributed by atoms with Gasteiger partial charge in [0, 0.05) is 38.3 Å². The predicted octanol–water partition coefficient (Wildman–Crippen LogP) is 4.47. The zero-order valence-electron chi connectivity index (χ0n) is 17.5. The number of nitrogens with zero attached hydrogens (tertiary/aromatic N) is 2. The molecule has 0 saturated carbocycles. The first-order valence-electron chi connectivity index (χ1n) is 10.2. The van der Waals surface area contributed by atoms with Crippen LogP contribution in [-0.4, -0.2) is 44.6 Å². The number of anilines is 1. The third-order valence-electron chi connectivity index (χ3n) is 5.85. The molecule has 1 saturated heterocycles. The fourth-order valence-electron chi connectivity index (χ4n) is 4.15. The summed E-state index contributed by atoms with van der Waals surface area (Å²) in [5.41, 5.74) is 2.22. The van der Waals surface area contributed by atoms with Crippen LogP contribution in [0.15, 0.2) is 18.2 Å². The molecule has 6 nitrogen and oxygen atoms in total. The summed E-state index contributed by atoms with van der Waals surface area (Å²) in [5, 5.41) is 4.76. The van der Waals surface area contributed by atoms with Gasteiger partial charge in [0.2, 0.25) is 0 Å². The minimum absolute atomic E-state index is 0. The summed E-state index contributed by atoms with van der Waals surface area (Å²) in [6.07, 6.45) is 6.44. The average molecular weight is 412 g/mol. The van der Waals surface area contributed by atoms with Crippen molar-refractivity contribution in [2.45, 2.75) is 64.0 Å². The Hall–Kier alpha value is -1.50. The van der Waals surface area contributed by atoms with E-state index in [0.717, 1.165) is 31.5 Å². The van der Waals surface area contributed by atoms with Crippen LogP contribution in [0.25, 0.3) is 0 Å². The van der Waals surface area contributed by atoms with Crippen molar-refractivity contribution in [3.63, 3.8) is 0 Å². The number of fused-ring (bicyclic) bond motifs is 3. The van der Waals surface area contributed by atoms with Crippen LogP contribution in [0.1, 0.15) is 57.9 Å². The number of nitrogens with one attached hydrogen (secondary N) is 1. The molecule has 7 heteroatoms. The van der Waals surface area contributed by atoms with E-state index >= 15 is 0 Å². The van der Waals surface area contributed by atoms with Crippen molar-refractivity contribution in [2.75, 3.05) is 32.1 Å². The van der Waals surface area contributed by atoms with Crippen molar-refractivity contribution >= 4 is 24.2 Å². The molecule has 1 amide bonds. The average Bonchev–Trinajstić information content (AvgIpc) is 2.86. The highest BCUT2D eigenvalue weighted by Gasteiger charge is 2.50. The largest absolute Gasteiger partial charge is 0.412 e. The maximum absolute atomic E-state index is 12.1. The van der Waals surface area contributed by atoms with E-state index in [4.69, 9.17) is 9.57 Å². The molecule has 0 aromatic heterocycles. The van der Waals surface area contributed by atoms with Gasteiger partial charge < -0.3 is 15.0 Å². The number of benzene rings is 1. The molecule has 1 fully saturated rings. The van der Waals surface area contributed by atoms with E-state index in [1.54, 1.807) is 0 Å². The molecule has 3 rings (SSSR count). The van der Waals surface area contributed by atoms with Crippen molar-refractivity contribution in [1.29, 1.82) is 0 Å². The standard InChI is InChI=1S/C21H33N3O3.ClH/c1-5-6-7-8-9-13-22-20(25)26-16-10-11-18-17(15-16)21(2)12-14-23(3)27-19(21)24(18)4;/h10-11,15,19H,5-9,12-14H2,1-4H3,(H,22,25);1H/t19-,21-;/m0./s1. The van der Waals surface area contributed by atoms with Gasteiger partial charge in [-0.2, -0.15) is 5.06 Å². The lowest BCUT2D eigenvalue weighted by atomic mass is 9.79. The number of halogens is 1. The fraction of sp³-hybridized carbons (Fsp3) is 0.667. The van der Waals surface area contributed by atoms with E-state index in [1.165, 1.54) is 24.8 Å². The highest BCUT2D eigenvalue weighted by Crippen LogP contribution is 2.50. The Morgan fingerprint density at radius 3 is 2.79 bits per heavy atom. The quantitative estimate of drug-likeness (QED) is 0.671. The molecule has 2 aliphatic rings. The van der Waals surface area contributed by atoms with Crippen molar-refractivity contribution in [3.8, 4) is 5.75 Å². The van der Waals surface area contributed by atoms with E-state index in [0.29, 0.717) is 12.3 Å². The summed E-state index contributed by atoms with van der Waals surface area (Å²) in [7, 11) is 4.03. The Kier molecular flexibility index (Phi) is 7.98. The molecule has 0 radical (unpaired) electrons. The molecule has 0 bridgehead atoms. The predicted molar refractivity (Wildman–Crippen MR) is 114 cm³/mol. The summed E-state index contributed by atoms with van der Waals surface area (Å²) >= 11 is 0. The number of unbranched alkanes of at least 4 members (excludes halogenated alkanes) is 4. The Morgan fingerprint density at radius 1 is 1.29 bits per heavy atom. The second-order valence-corrected chi connectivity index (χ2v) is 8.00. The van der Waals surface area contributed by atoms with Crippen molar-refractivity contribution in [3.05, 3.63) is 23.8 Å². The number of carbonyl (C=O) groups is 1. The van der Waals surface area contributed by atoms with Crippen LogP contribution in [-0.2, 0) is 10.3 Å². The van der Waals surface area contributed by atoms with Crippen molar-refractivity contribution < 1.29 is 14.4 Å². The summed E-state index contributed by atoms with van der Waals surface area (Å²) in [4.78, 5) is 20.3. The van der Waals surface area contributed by atoms with Crippen molar-refractivity contribution in [1.82, 2.24) is 10.4 Å². The van der Waals surface area contributed by atoms with Gasteiger partial charge in [0.15, 0.2) is 6.23 Å². The second-order valence-electron chi connectivity index (χ2n) is 8.00. The van der Waals surface area contributed by atoms with Gasteiger partial charge in [-0.25, -0.2) is 4.79 Å². The van der Waals surface area contributed by atoms with Crippen LogP contribution >= 0.6 is 12.4 Å². The summed E-state index contributed by atoms with van der Waals surface area (Å²) in [6.45, 7) is 5.97. The molecule has 2 atom stereocenters. The Bertz CT molecular complexity index is 672. The number of carbonyl (C=O) groups excluding carboxylic acids is 1. The molecule has 0 aliphatic carbocycles. The first-order chi connectivity index (χ1) is 13.0. The number of hydrogen-bond acceptors (Lipinski definition) is 5. The highest BCUT2D eigenvalue weighted by atomic mass is 35.5. The maximum atomic E-state index is 12.1. The molecule has 158 valence electrons. The van der Waals surface area contributed by atoms with E-state index in [2.05, 4.69) is 31.1 Å². The molecule has 28 heavy (non-hydrogen) atoms. The molecule has 0 spiro atoms. The topological polar surface area (TPSA) is 54.0 Å². The van der Waals surface area contributed by atoms with Gasteiger partial charge in [0.25, 0.3) is 0 Å². The third kappa shape index (κ3) is 4.73. The van der Waals surface area contributed by atoms with Gasteiger partial charge in [-0.3, -0.25) is 4.84 Å². The van der Waals surface area contributed by atoms with Crippen LogP contribution in [0.4, 0.5) is 10.5 Å². The molecule has 1 aromatic rings. The van der Waals surface area contributed by atoms with Gasteiger partial charge in [-0.15, -0.1) is 12.4 Å². The van der Waals surface area contributed by atoms with Crippen LogP contribution in [0.5, 0.6) is 5.75 Å².